The van der Waals surface area contributed by atoms with Gasteiger partial charge in [0, 0.05) is 13.1 Å². The molecule has 1 saturated heterocycles. The Morgan fingerprint density at radius 3 is 2.81 bits per heavy atom. The number of carbonyl (C=O) groups is 1. The molecule has 2 rings (SSSR count). The van der Waals surface area contributed by atoms with Crippen LogP contribution in [-0.2, 0) is 11.3 Å². The van der Waals surface area contributed by atoms with Crippen LogP contribution in [0.15, 0.2) is 15.5 Å². The second kappa shape index (κ2) is 6.65. The highest BCUT2D eigenvalue weighted by atomic mass is 16.5. The molecule has 0 bridgehead atoms. The van der Waals surface area contributed by atoms with Crippen LogP contribution < -0.4 is 5.73 Å². The van der Waals surface area contributed by atoms with Crippen molar-refractivity contribution in [1.82, 2.24) is 4.90 Å². The Morgan fingerprint density at radius 1 is 1.52 bits per heavy atom. The van der Waals surface area contributed by atoms with E-state index in [2.05, 4.69) is 16.8 Å². The maximum absolute atomic E-state index is 11.5. The number of esters is 1. The van der Waals surface area contributed by atoms with Crippen molar-refractivity contribution in [2.24, 2.45) is 16.6 Å². The second-order valence-corrected chi connectivity index (χ2v) is 5.52. The minimum Gasteiger partial charge on any atom is -0.465 e. The van der Waals surface area contributed by atoms with Crippen LogP contribution in [-0.4, -0.2) is 37.0 Å². The molecule has 116 valence electrons. The summed E-state index contributed by atoms with van der Waals surface area (Å²) in [6.45, 7) is 6.21. The molecule has 1 aromatic rings. The fraction of sp³-hybridized carbons (Fsp3) is 0.600. The Balaban J connectivity index is 1.98. The highest BCUT2D eigenvalue weighted by Crippen LogP contribution is 2.18. The third-order valence-electron chi connectivity index (χ3n) is 3.88. The van der Waals surface area contributed by atoms with E-state index in [1.165, 1.54) is 7.11 Å². The lowest BCUT2D eigenvalue weighted by atomic mass is 10.00. The summed E-state index contributed by atoms with van der Waals surface area (Å²) >= 11 is 0. The van der Waals surface area contributed by atoms with Crippen molar-refractivity contribution in [1.29, 1.82) is 0 Å². The minimum atomic E-state index is -0.399. The zero-order chi connectivity index (χ0) is 15.4. The zero-order valence-electron chi connectivity index (χ0n) is 12.9. The molecule has 6 nitrogen and oxygen atoms in total. The Bertz CT molecular complexity index is 528. The van der Waals surface area contributed by atoms with Crippen LogP contribution in [0.25, 0.3) is 0 Å². The van der Waals surface area contributed by atoms with Gasteiger partial charge < -0.3 is 19.8 Å². The summed E-state index contributed by atoms with van der Waals surface area (Å²) in [5.41, 5.74) is 6.45. The van der Waals surface area contributed by atoms with E-state index in [9.17, 15) is 4.79 Å². The maximum atomic E-state index is 11.5. The molecule has 0 radical (unpaired) electrons. The van der Waals surface area contributed by atoms with Gasteiger partial charge in [-0.1, -0.05) is 6.92 Å². The molecule has 1 aromatic heterocycles. The number of aliphatic imine (C=N–C) groups is 1. The first-order valence-electron chi connectivity index (χ1n) is 7.23. The van der Waals surface area contributed by atoms with E-state index in [1.807, 2.05) is 0 Å². The molecule has 2 heterocycles. The van der Waals surface area contributed by atoms with Gasteiger partial charge >= 0.3 is 5.97 Å². The Kier molecular flexibility index (Phi) is 4.88. The summed E-state index contributed by atoms with van der Waals surface area (Å²) in [5.74, 6) is 2.04. The van der Waals surface area contributed by atoms with Gasteiger partial charge in [0.2, 0.25) is 0 Å². The Hall–Kier alpha value is -1.98. The van der Waals surface area contributed by atoms with Crippen molar-refractivity contribution in [3.8, 4) is 0 Å². The molecule has 0 spiro atoms. The Morgan fingerprint density at radius 2 is 2.19 bits per heavy atom. The standard InChI is InChI=1S/C15H23N3O3/c1-10-4-6-18(7-5-10)15(16)17-9-12-8-13(11(2)21-12)14(19)20-3/h8,10H,4-7,9H2,1-3H3,(H2,16,17). The monoisotopic (exact) mass is 293 g/mol. The van der Waals surface area contributed by atoms with Crippen molar-refractivity contribution in [2.45, 2.75) is 33.2 Å². The molecule has 6 heteroatoms. The van der Waals surface area contributed by atoms with Crippen molar-refractivity contribution < 1.29 is 13.9 Å². The number of guanidine groups is 1. The van der Waals surface area contributed by atoms with Crippen LogP contribution in [0.1, 0.15) is 41.6 Å². The fourth-order valence-corrected chi connectivity index (χ4v) is 2.43. The van der Waals surface area contributed by atoms with E-state index < -0.39 is 5.97 Å². The van der Waals surface area contributed by atoms with Crippen LogP contribution in [0.4, 0.5) is 0 Å². The third-order valence-corrected chi connectivity index (χ3v) is 3.88. The quantitative estimate of drug-likeness (QED) is 0.523. The first-order chi connectivity index (χ1) is 10.0. The number of ether oxygens (including phenoxy) is 1. The van der Waals surface area contributed by atoms with Gasteiger partial charge in [-0.2, -0.15) is 0 Å². The fourth-order valence-electron chi connectivity index (χ4n) is 2.43. The number of aryl methyl sites for hydroxylation is 1. The predicted molar refractivity (Wildman–Crippen MR) is 80.1 cm³/mol. The SMILES string of the molecule is COC(=O)c1cc(CN=C(N)N2CCC(C)CC2)oc1C. The Labute approximate surface area is 125 Å². The van der Waals surface area contributed by atoms with E-state index >= 15 is 0 Å². The number of nitrogens with zero attached hydrogens (tertiary/aromatic N) is 2. The third kappa shape index (κ3) is 3.77. The summed E-state index contributed by atoms with van der Waals surface area (Å²) < 4.78 is 10.2. The minimum absolute atomic E-state index is 0.329. The van der Waals surface area contributed by atoms with Crippen LogP contribution in [0.3, 0.4) is 0 Å². The highest BCUT2D eigenvalue weighted by Gasteiger charge is 2.18. The summed E-state index contributed by atoms with van der Waals surface area (Å²) in [6.07, 6.45) is 2.28. The van der Waals surface area contributed by atoms with Gasteiger partial charge in [0.1, 0.15) is 23.6 Å². The number of piperidine rings is 1. The number of hydrogen-bond donors (Lipinski definition) is 1. The topological polar surface area (TPSA) is 81.1 Å². The van der Waals surface area contributed by atoms with E-state index in [4.69, 9.17) is 14.9 Å². The number of furan rings is 1. The van der Waals surface area contributed by atoms with Crippen LogP contribution in [0.5, 0.6) is 0 Å². The lowest BCUT2D eigenvalue weighted by molar-refractivity contribution is 0.0599. The zero-order valence-corrected chi connectivity index (χ0v) is 12.9. The molecule has 1 aliphatic heterocycles. The normalized spacial score (nSPS) is 17.1. The van der Waals surface area contributed by atoms with Gasteiger partial charge in [-0.05, 0) is 31.7 Å². The molecule has 0 aromatic carbocycles. The summed E-state index contributed by atoms with van der Waals surface area (Å²) in [6, 6.07) is 1.66. The van der Waals surface area contributed by atoms with E-state index in [1.54, 1.807) is 13.0 Å². The van der Waals surface area contributed by atoms with Gasteiger partial charge in [-0.3, -0.25) is 0 Å². The average molecular weight is 293 g/mol. The molecule has 1 aliphatic rings. The smallest absolute Gasteiger partial charge is 0.341 e. The first kappa shape index (κ1) is 15.4. The summed E-state index contributed by atoms with van der Waals surface area (Å²) in [7, 11) is 1.35. The van der Waals surface area contributed by atoms with Crippen LogP contribution >= 0.6 is 0 Å². The second-order valence-electron chi connectivity index (χ2n) is 5.52. The number of hydrogen-bond acceptors (Lipinski definition) is 4. The van der Waals surface area contributed by atoms with E-state index in [0.29, 0.717) is 29.6 Å². The van der Waals surface area contributed by atoms with Crippen molar-refractivity contribution in [2.75, 3.05) is 20.2 Å². The lowest BCUT2D eigenvalue weighted by Gasteiger charge is -2.30. The van der Waals surface area contributed by atoms with Crippen LogP contribution in [0.2, 0.25) is 0 Å². The molecule has 0 amide bonds. The van der Waals surface area contributed by atoms with Gasteiger partial charge in [0.05, 0.1) is 7.11 Å². The molecule has 2 N–H and O–H groups in total. The largest absolute Gasteiger partial charge is 0.465 e. The molecule has 0 aliphatic carbocycles. The molecule has 0 unspecified atom stereocenters. The molecular formula is C15H23N3O3. The molecular weight excluding hydrogens is 270 g/mol. The summed E-state index contributed by atoms with van der Waals surface area (Å²) in [4.78, 5) is 18.0. The van der Waals surface area contributed by atoms with Gasteiger partial charge in [0.25, 0.3) is 0 Å². The maximum Gasteiger partial charge on any atom is 0.341 e. The average Bonchev–Trinajstić information content (AvgIpc) is 2.86. The number of nitrogens with two attached hydrogens (primary N) is 1. The van der Waals surface area contributed by atoms with Crippen molar-refractivity contribution >= 4 is 11.9 Å². The van der Waals surface area contributed by atoms with Crippen molar-refractivity contribution in [3.05, 3.63) is 23.2 Å². The number of likely N-dealkylation sites (tertiary alicyclic amines) is 1. The predicted octanol–water partition coefficient (Wildman–Crippen LogP) is 1.92. The van der Waals surface area contributed by atoms with Gasteiger partial charge in [-0.15, -0.1) is 0 Å². The van der Waals surface area contributed by atoms with E-state index in [-0.39, 0.29) is 0 Å². The van der Waals surface area contributed by atoms with Gasteiger partial charge in [-0.25, -0.2) is 9.79 Å². The lowest BCUT2D eigenvalue weighted by Crippen LogP contribution is -2.42. The van der Waals surface area contributed by atoms with Gasteiger partial charge in [0.15, 0.2) is 5.96 Å². The molecule has 1 fully saturated rings. The van der Waals surface area contributed by atoms with E-state index in [0.717, 1.165) is 31.8 Å². The molecule has 0 atom stereocenters. The molecule has 0 saturated carbocycles. The van der Waals surface area contributed by atoms with Crippen molar-refractivity contribution in [3.63, 3.8) is 0 Å². The molecule has 21 heavy (non-hydrogen) atoms. The number of carbonyl (C=O) groups excluding carboxylic acids is 1. The number of rotatable bonds is 3. The summed E-state index contributed by atoms with van der Waals surface area (Å²) in [5, 5.41) is 0. The van der Waals surface area contributed by atoms with Crippen LogP contribution in [0, 0.1) is 12.8 Å². The first-order valence-corrected chi connectivity index (χ1v) is 7.23. The number of methoxy groups -OCH3 is 1. The highest BCUT2D eigenvalue weighted by molar-refractivity contribution is 5.90.